The number of nitrogens with one attached hydrogen (secondary N) is 2. The molecule has 2 amide bonds. The molecule has 0 bridgehead atoms. The minimum atomic E-state index is -0.796. The van der Waals surface area contributed by atoms with Crippen molar-refractivity contribution in [3.8, 4) is 0 Å². The van der Waals surface area contributed by atoms with Gasteiger partial charge in [0, 0.05) is 10.7 Å². The summed E-state index contributed by atoms with van der Waals surface area (Å²) < 4.78 is 0. The van der Waals surface area contributed by atoms with E-state index in [2.05, 4.69) is 10.6 Å². The fourth-order valence-electron chi connectivity index (χ4n) is 1.88. The van der Waals surface area contributed by atoms with Crippen LogP contribution in [0.2, 0.25) is 5.02 Å². The van der Waals surface area contributed by atoms with Crippen molar-refractivity contribution in [3.05, 3.63) is 52.5 Å². The predicted octanol–water partition coefficient (Wildman–Crippen LogP) is 3.12. The number of carbonyl (C=O) groups is 2. The first kappa shape index (κ1) is 15.9. The van der Waals surface area contributed by atoms with Gasteiger partial charge in [0.15, 0.2) is 0 Å². The Hall–Kier alpha value is -2.53. The van der Waals surface area contributed by atoms with Crippen molar-refractivity contribution in [1.82, 2.24) is 0 Å². The lowest BCUT2D eigenvalue weighted by atomic mass is 10.2. The van der Waals surface area contributed by atoms with E-state index in [1.54, 1.807) is 36.4 Å². The van der Waals surface area contributed by atoms with E-state index in [4.69, 9.17) is 17.3 Å². The van der Waals surface area contributed by atoms with E-state index in [1.165, 1.54) is 0 Å². The van der Waals surface area contributed by atoms with Crippen molar-refractivity contribution in [2.45, 2.75) is 13.8 Å². The molecule has 0 aliphatic heterocycles. The zero-order valence-electron chi connectivity index (χ0n) is 12.2. The van der Waals surface area contributed by atoms with Crippen molar-refractivity contribution >= 4 is 40.5 Å². The molecule has 114 valence electrons. The summed E-state index contributed by atoms with van der Waals surface area (Å²) in [5, 5.41) is 5.48. The summed E-state index contributed by atoms with van der Waals surface area (Å²) in [6.45, 7) is 3.69. The molecule has 0 heterocycles. The van der Waals surface area contributed by atoms with Gasteiger partial charge in [-0.1, -0.05) is 23.7 Å². The molecule has 0 aliphatic carbocycles. The summed E-state index contributed by atoms with van der Waals surface area (Å²) in [6.07, 6.45) is 0. The maximum absolute atomic E-state index is 12.0. The quantitative estimate of drug-likeness (QED) is 0.587. The van der Waals surface area contributed by atoms with Crippen LogP contribution in [-0.4, -0.2) is 11.8 Å². The normalized spacial score (nSPS) is 10.1. The molecule has 6 heteroatoms. The van der Waals surface area contributed by atoms with Gasteiger partial charge in [-0.2, -0.15) is 0 Å². The maximum Gasteiger partial charge on any atom is 0.314 e. The first-order chi connectivity index (χ1) is 10.4. The summed E-state index contributed by atoms with van der Waals surface area (Å²) in [7, 11) is 0. The van der Waals surface area contributed by atoms with Gasteiger partial charge in [0.2, 0.25) is 0 Å². The standard InChI is InChI=1S/C16H16ClN3O2/c1-9-3-6-13(12(18)7-9)19-15(21)16(22)20-14-8-11(17)5-4-10(14)2/h3-8H,18H2,1-2H3,(H,19,21)(H,20,22). The molecule has 5 nitrogen and oxygen atoms in total. The van der Waals surface area contributed by atoms with Crippen LogP contribution >= 0.6 is 11.6 Å². The van der Waals surface area contributed by atoms with Crippen molar-refractivity contribution < 1.29 is 9.59 Å². The number of nitrogens with two attached hydrogens (primary N) is 1. The Labute approximate surface area is 133 Å². The molecular formula is C16H16ClN3O2. The monoisotopic (exact) mass is 317 g/mol. The fraction of sp³-hybridized carbons (Fsp3) is 0.125. The van der Waals surface area contributed by atoms with E-state index in [-0.39, 0.29) is 0 Å². The molecule has 0 saturated heterocycles. The van der Waals surface area contributed by atoms with E-state index >= 15 is 0 Å². The van der Waals surface area contributed by atoms with Crippen LogP contribution in [0.15, 0.2) is 36.4 Å². The van der Waals surface area contributed by atoms with Crippen molar-refractivity contribution in [1.29, 1.82) is 0 Å². The molecule has 2 aromatic rings. The van der Waals surface area contributed by atoms with E-state index in [9.17, 15) is 9.59 Å². The van der Waals surface area contributed by atoms with E-state index < -0.39 is 11.8 Å². The number of rotatable bonds is 2. The smallest absolute Gasteiger partial charge is 0.314 e. The number of hydrogen-bond acceptors (Lipinski definition) is 3. The fourth-order valence-corrected chi connectivity index (χ4v) is 2.06. The Morgan fingerprint density at radius 1 is 0.955 bits per heavy atom. The third kappa shape index (κ3) is 3.77. The van der Waals surface area contributed by atoms with Crippen LogP contribution in [0.5, 0.6) is 0 Å². The van der Waals surface area contributed by atoms with Gasteiger partial charge in [0.1, 0.15) is 0 Å². The Morgan fingerprint density at radius 3 is 2.23 bits per heavy atom. The van der Waals surface area contributed by atoms with Crippen LogP contribution in [0, 0.1) is 13.8 Å². The van der Waals surface area contributed by atoms with Gasteiger partial charge in [0.25, 0.3) is 0 Å². The third-order valence-corrected chi connectivity index (χ3v) is 3.34. The molecule has 2 rings (SSSR count). The Morgan fingerprint density at radius 2 is 1.59 bits per heavy atom. The van der Waals surface area contributed by atoms with Crippen LogP contribution in [0.1, 0.15) is 11.1 Å². The van der Waals surface area contributed by atoms with Gasteiger partial charge in [-0.05, 0) is 49.2 Å². The summed E-state index contributed by atoms with van der Waals surface area (Å²) in [5.41, 5.74) is 8.87. The molecule has 0 radical (unpaired) electrons. The van der Waals surface area contributed by atoms with Crippen LogP contribution in [0.3, 0.4) is 0 Å². The van der Waals surface area contributed by atoms with E-state index in [0.29, 0.717) is 22.1 Å². The number of amides is 2. The van der Waals surface area contributed by atoms with E-state index in [1.807, 2.05) is 13.8 Å². The van der Waals surface area contributed by atoms with Gasteiger partial charge in [-0.25, -0.2) is 0 Å². The molecular weight excluding hydrogens is 302 g/mol. The van der Waals surface area contributed by atoms with Crippen LogP contribution in [-0.2, 0) is 9.59 Å². The Balaban J connectivity index is 2.09. The minimum Gasteiger partial charge on any atom is -0.397 e. The lowest BCUT2D eigenvalue weighted by molar-refractivity contribution is -0.132. The van der Waals surface area contributed by atoms with E-state index in [0.717, 1.165) is 11.1 Å². The van der Waals surface area contributed by atoms with Gasteiger partial charge < -0.3 is 16.4 Å². The van der Waals surface area contributed by atoms with Crippen molar-refractivity contribution in [2.24, 2.45) is 0 Å². The molecule has 0 saturated carbocycles. The molecule has 2 aromatic carbocycles. The first-order valence-corrected chi connectivity index (χ1v) is 6.99. The second-order valence-corrected chi connectivity index (χ2v) is 5.39. The van der Waals surface area contributed by atoms with Crippen LogP contribution in [0.25, 0.3) is 0 Å². The van der Waals surface area contributed by atoms with Crippen molar-refractivity contribution in [2.75, 3.05) is 16.4 Å². The largest absolute Gasteiger partial charge is 0.397 e. The first-order valence-electron chi connectivity index (χ1n) is 6.61. The van der Waals surface area contributed by atoms with Crippen LogP contribution in [0.4, 0.5) is 17.1 Å². The van der Waals surface area contributed by atoms with Gasteiger partial charge >= 0.3 is 11.8 Å². The second kappa shape index (κ2) is 6.49. The number of anilines is 3. The summed E-state index contributed by atoms with van der Waals surface area (Å²) in [6, 6.07) is 10.2. The summed E-state index contributed by atoms with van der Waals surface area (Å²) >= 11 is 5.88. The van der Waals surface area contributed by atoms with Gasteiger partial charge in [0.05, 0.1) is 11.4 Å². The number of benzene rings is 2. The highest BCUT2D eigenvalue weighted by Gasteiger charge is 2.16. The average Bonchev–Trinajstić information content (AvgIpc) is 2.45. The predicted molar refractivity (Wildman–Crippen MR) is 89.0 cm³/mol. The highest BCUT2D eigenvalue weighted by atomic mass is 35.5. The molecule has 0 unspecified atom stereocenters. The minimum absolute atomic E-state index is 0.397. The highest BCUT2D eigenvalue weighted by molar-refractivity contribution is 6.44. The zero-order valence-corrected chi connectivity index (χ0v) is 13.0. The Kier molecular flexibility index (Phi) is 4.68. The molecule has 0 spiro atoms. The highest BCUT2D eigenvalue weighted by Crippen LogP contribution is 2.21. The Bertz CT molecular complexity index is 744. The number of carbonyl (C=O) groups excluding carboxylic acids is 2. The number of nitrogen functional groups attached to an aromatic ring is 1. The molecule has 22 heavy (non-hydrogen) atoms. The lowest BCUT2D eigenvalue weighted by Crippen LogP contribution is -2.29. The zero-order chi connectivity index (χ0) is 16.3. The summed E-state index contributed by atoms with van der Waals surface area (Å²) in [4.78, 5) is 23.9. The number of aryl methyl sites for hydroxylation is 2. The van der Waals surface area contributed by atoms with Gasteiger partial charge in [-0.3, -0.25) is 9.59 Å². The molecule has 0 atom stereocenters. The molecule has 0 aromatic heterocycles. The maximum atomic E-state index is 12.0. The number of halogens is 1. The molecule has 0 fully saturated rings. The topological polar surface area (TPSA) is 84.2 Å². The molecule has 0 aliphatic rings. The van der Waals surface area contributed by atoms with Crippen LogP contribution < -0.4 is 16.4 Å². The number of hydrogen-bond donors (Lipinski definition) is 3. The average molecular weight is 318 g/mol. The summed E-state index contributed by atoms with van der Waals surface area (Å²) in [5.74, 6) is -1.58. The molecule has 4 N–H and O–H groups in total. The van der Waals surface area contributed by atoms with Crippen molar-refractivity contribution in [3.63, 3.8) is 0 Å². The lowest BCUT2D eigenvalue weighted by Gasteiger charge is -2.10. The van der Waals surface area contributed by atoms with Gasteiger partial charge in [-0.15, -0.1) is 0 Å². The third-order valence-electron chi connectivity index (χ3n) is 3.11. The SMILES string of the molecule is Cc1ccc(NC(=O)C(=O)Nc2cc(Cl)ccc2C)c(N)c1. The second-order valence-electron chi connectivity index (χ2n) is 4.96.